The van der Waals surface area contributed by atoms with Gasteiger partial charge in [0.25, 0.3) is 0 Å². The number of nitrogens with zero attached hydrogens (tertiary/aromatic N) is 2. The number of rotatable bonds is 7. The van der Waals surface area contributed by atoms with Gasteiger partial charge in [-0.05, 0) is 37.9 Å². The first-order valence-corrected chi connectivity index (χ1v) is 7.94. The van der Waals surface area contributed by atoms with Crippen LogP contribution in [0.3, 0.4) is 0 Å². The summed E-state index contributed by atoms with van der Waals surface area (Å²) >= 11 is 0. The normalized spacial score (nSPS) is 23.9. The Morgan fingerprint density at radius 2 is 2.10 bits per heavy atom. The number of likely N-dealkylation sites (N-methyl/N-ethyl adjacent to an activating group) is 1. The lowest BCUT2D eigenvalue weighted by Gasteiger charge is -2.33. The Bertz CT molecular complexity index is 444. The van der Waals surface area contributed by atoms with Crippen LogP contribution in [-0.2, 0) is 17.9 Å². The van der Waals surface area contributed by atoms with Crippen molar-refractivity contribution in [2.45, 2.75) is 32.1 Å². The van der Waals surface area contributed by atoms with Crippen LogP contribution < -0.4 is 0 Å². The summed E-state index contributed by atoms with van der Waals surface area (Å²) in [5.41, 5.74) is 0. The molecule has 1 atom stereocenters. The van der Waals surface area contributed by atoms with Crippen molar-refractivity contribution in [2.75, 3.05) is 39.8 Å². The van der Waals surface area contributed by atoms with Crippen molar-refractivity contribution in [3.63, 3.8) is 0 Å². The van der Waals surface area contributed by atoms with E-state index in [2.05, 4.69) is 16.8 Å². The van der Waals surface area contributed by atoms with Gasteiger partial charge in [0.1, 0.15) is 18.1 Å². The van der Waals surface area contributed by atoms with Gasteiger partial charge in [0.2, 0.25) is 0 Å². The fraction of sp³-hybridized carbons (Fsp3) is 0.750. The fourth-order valence-corrected chi connectivity index (χ4v) is 2.95. The summed E-state index contributed by atoms with van der Waals surface area (Å²) in [6, 6.07) is 3.83. The first kappa shape index (κ1) is 15.0. The molecule has 0 bridgehead atoms. The number of morpholine rings is 1. The highest BCUT2D eigenvalue weighted by Crippen LogP contribution is 2.30. The van der Waals surface area contributed by atoms with Gasteiger partial charge in [-0.3, -0.25) is 4.90 Å². The smallest absolute Gasteiger partial charge is 0.129 e. The Balaban J connectivity index is 1.57. The van der Waals surface area contributed by atoms with Crippen molar-refractivity contribution >= 4 is 0 Å². The van der Waals surface area contributed by atoms with Crippen molar-refractivity contribution in [1.82, 2.24) is 9.80 Å². The van der Waals surface area contributed by atoms with Gasteiger partial charge in [0.05, 0.1) is 19.3 Å². The molecule has 0 amide bonds. The molecule has 1 N–H and O–H groups in total. The second-order valence-electron chi connectivity index (χ2n) is 6.42. The lowest BCUT2D eigenvalue weighted by atomic mass is 10.2. The van der Waals surface area contributed by atoms with E-state index in [1.165, 1.54) is 12.8 Å². The first-order valence-electron chi connectivity index (χ1n) is 7.94. The van der Waals surface area contributed by atoms with E-state index in [4.69, 9.17) is 14.3 Å². The molecule has 21 heavy (non-hydrogen) atoms. The molecular weight excluding hydrogens is 268 g/mol. The minimum Gasteiger partial charge on any atom is -0.462 e. The summed E-state index contributed by atoms with van der Waals surface area (Å²) in [6.45, 7) is 5.71. The maximum atomic E-state index is 9.10. The second kappa shape index (κ2) is 6.92. The first-order chi connectivity index (χ1) is 10.2. The van der Waals surface area contributed by atoms with E-state index in [0.29, 0.717) is 5.76 Å². The number of hydrogen-bond donors (Lipinski definition) is 1. The maximum Gasteiger partial charge on any atom is 0.129 e. The molecule has 5 nitrogen and oxygen atoms in total. The van der Waals surface area contributed by atoms with Crippen LogP contribution in [0, 0.1) is 5.92 Å². The van der Waals surface area contributed by atoms with E-state index in [-0.39, 0.29) is 12.7 Å². The molecule has 1 aliphatic heterocycles. The highest BCUT2D eigenvalue weighted by molar-refractivity contribution is 5.06. The highest BCUT2D eigenvalue weighted by atomic mass is 16.5. The number of furan rings is 1. The third kappa shape index (κ3) is 4.54. The van der Waals surface area contributed by atoms with Gasteiger partial charge in [-0.2, -0.15) is 0 Å². The predicted octanol–water partition coefficient (Wildman–Crippen LogP) is 1.31. The molecular formula is C16H26N2O3. The number of aliphatic hydroxyl groups is 1. The molecule has 5 heteroatoms. The van der Waals surface area contributed by atoms with Crippen molar-refractivity contribution in [3.05, 3.63) is 23.7 Å². The molecule has 1 aliphatic carbocycles. The standard InChI is InChI=1S/C16H26N2O3/c1-17-6-7-20-16(9-17)11-18(8-13-2-3-13)10-14-4-5-15(12-19)21-14/h4-5,13,16,19H,2-3,6-12H2,1H3/t16-/m1/s1. The van der Waals surface area contributed by atoms with Gasteiger partial charge in [0.15, 0.2) is 0 Å². The van der Waals surface area contributed by atoms with E-state index >= 15 is 0 Å². The minimum atomic E-state index is -0.0286. The third-order valence-corrected chi connectivity index (χ3v) is 4.27. The van der Waals surface area contributed by atoms with Crippen LogP contribution in [0.15, 0.2) is 16.5 Å². The van der Waals surface area contributed by atoms with Crippen molar-refractivity contribution < 1.29 is 14.3 Å². The van der Waals surface area contributed by atoms with Gasteiger partial charge in [-0.15, -0.1) is 0 Å². The molecule has 0 aromatic carbocycles. The van der Waals surface area contributed by atoms with Crippen LogP contribution in [0.1, 0.15) is 24.4 Å². The van der Waals surface area contributed by atoms with Crippen LogP contribution >= 0.6 is 0 Å². The van der Waals surface area contributed by atoms with Crippen LogP contribution in [0.5, 0.6) is 0 Å². The van der Waals surface area contributed by atoms with E-state index < -0.39 is 0 Å². The Morgan fingerprint density at radius 3 is 2.76 bits per heavy atom. The lowest BCUT2D eigenvalue weighted by Crippen LogP contribution is -2.46. The van der Waals surface area contributed by atoms with Crippen LogP contribution in [0.25, 0.3) is 0 Å². The minimum absolute atomic E-state index is 0.0286. The quantitative estimate of drug-likeness (QED) is 0.822. The summed E-state index contributed by atoms with van der Waals surface area (Å²) in [5.74, 6) is 2.42. The molecule has 1 aromatic rings. The molecule has 2 heterocycles. The fourth-order valence-electron chi connectivity index (χ4n) is 2.95. The molecule has 1 aromatic heterocycles. The summed E-state index contributed by atoms with van der Waals surface area (Å²) in [4.78, 5) is 4.78. The monoisotopic (exact) mass is 294 g/mol. The molecule has 2 aliphatic rings. The predicted molar refractivity (Wildman–Crippen MR) is 79.9 cm³/mol. The molecule has 0 unspecified atom stereocenters. The topological polar surface area (TPSA) is 49.1 Å². The van der Waals surface area contributed by atoms with Gasteiger partial charge >= 0.3 is 0 Å². The van der Waals surface area contributed by atoms with Crippen molar-refractivity contribution in [1.29, 1.82) is 0 Å². The van der Waals surface area contributed by atoms with Crippen LogP contribution in [0.4, 0.5) is 0 Å². The molecule has 118 valence electrons. The van der Waals surface area contributed by atoms with Gasteiger partial charge < -0.3 is 19.2 Å². The molecule has 1 saturated heterocycles. The third-order valence-electron chi connectivity index (χ3n) is 4.27. The van der Waals surface area contributed by atoms with E-state index in [9.17, 15) is 0 Å². The Kier molecular flexibility index (Phi) is 4.95. The SMILES string of the molecule is CN1CCO[C@@H](CN(Cc2ccc(CO)o2)CC2CC2)C1. The van der Waals surface area contributed by atoms with E-state index in [1.807, 2.05) is 12.1 Å². The molecule has 2 fully saturated rings. The maximum absolute atomic E-state index is 9.10. The zero-order valence-corrected chi connectivity index (χ0v) is 12.8. The van der Waals surface area contributed by atoms with Gasteiger partial charge in [-0.1, -0.05) is 0 Å². The van der Waals surface area contributed by atoms with Crippen molar-refractivity contribution in [3.8, 4) is 0 Å². The number of hydrogen-bond acceptors (Lipinski definition) is 5. The average Bonchev–Trinajstić information content (AvgIpc) is 3.15. The summed E-state index contributed by atoms with van der Waals surface area (Å²) in [6.07, 6.45) is 2.99. The summed E-state index contributed by atoms with van der Waals surface area (Å²) < 4.78 is 11.5. The Labute approximate surface area is 126 Å². The zero-order chi connectivity index (χ0) is 14.7. The van der Waals surface area contributed by atoms with Crippen LogP contribution in [0.2, 0.25) is 0 Å². The Hall–Kier alpha value is -0.880. The number of ether oxygens (including phenoxy) is 1. The summed E-state index contributed by atoms with van der Waals surface area (Å²) in [5, 5.41) is 9.10. The largest absolute Gasteiger partial charge is 0.462 e. The molecule has 0 spiro atoms. The Morgan fingerprint density at radius 1 is 1.29 bits per heavy atom. The molecule has 1 saturated carbocycles. The lowest BCUT2D eigenvalue weighted by molar-refractivity contribution is -0.0380. The zero-order valence-electron chi connectivity index (χ0n) is 12.8. The average molecular weight is 294 g/mol. The highest BCUT2D eigenvalue weighted by Gasteiger charge is 2.27. The van der Waals surface area contributed by atoms with Gasteiger partial charge in [0, 0.05) is 26.2 Å². The number of aliphatic hydroxyl groups excluding tert-OH is 1. The summed E-state index contributed by atoms with van der Waals surface area (Å²) in [7, 11) is 2.15. The van der Waals surface area contributed by atoms with Crippen LogP contribution in [-0.4, -0.2) is 60.8 Å². The van der Waals surface area contributed by atoms with E-state index in [0.717, 1.165) is 51.0 Å². The molecule has 0 radical (unpaired) electrons. The molecule has 3 rings (SSSR count). The second-order valence-corrected chi connectivity index (χ2v) is 6.42. The van der Waals surface area contributed by atoms with E-state index in [1.54, 1.807) is 0 Å². The van der Waals surface area contributed by atoms with Gasteiger partial charge in [-0.25, -0.2) is 0 Å². The van der Waals surface area contributed by atoms with Crippen molar-refractivity contribution in [2.24, 2.45) is 5.92 Å².